The standard InChI is InChI=1S/C19H23ClN4O/c20-16-8-4-5-14(13-16)11-12-21-17-9-10-18(24-23-17)22-19(25)15-6-2-1-3-7-15/h4-5,8-10,13,15H,1-3,6-7,11-12H2,(H,21,23)(H,22,24,25). The summed E-state index contributed by atoms with van der Waals surface area (Å²) in [6.45, 7) is 0.739. The molecule has 2 N–H and O–H groups in total. The van der Waals surface area contributed by atoms with Crippen molar-refractivity contribution in [1.82, 2.24) is 10.2 Å². The van der Waals surface area contributed by atoms with E-state index in [0.29, 0.717) is 11.6 Å². The lowest BCUT2D eigenvalue weighted by atomic mass is 9.89. The van der Waals surface area contributed by atoms with E-state index < -0.39 is 0 Å². The first-order valence-electron chi connectivity index (χ1n) is 8.83. The number of rotatable bonds is 6. The Morgan fingerprint density at radius 1 is 1.08 bits per heavy atom. The Hall–Kier alpha value is -2.14. The molecule has 1 aromatic heterocycles. The molecule has 1 saturated carbocycles. The fourth-order valence-corrected chi connectivity index (χ4v) is 3.33. The van der Waals surface area contributed by atoms with Gasteiger partial charge in [-0.1, -0.05) is 43.0 Å². The summed E-state index contributed by atoms with van der Waals surface area (Å²) in [5.74, 6) is 1.38. The van der Waals surface area contributed by atoms with Crippen LogP contribution in [0.3, 0.4) is 0 Å². The highest BCUT2D eigenvalue weighted by Gasteiger charge is 2.21. The molecule has 25 heavy (non-hydrogen) atoms. The van der Waals surface area contributed by atoms with Crippen LogP contribution in [0.4, 0.5) is 11.6 Å². The van der Waals surface area contributed by atoms with Gasteiger partial charge >= 0.3 is 0 Å². The molecular formula is C19H23ClN4O. The molecule has 1 aliphatic carbocycles. The first-order valence-corrected chi connectivity index (χ1v) is 9.21. The third kappa shape index (κ3) is 5.43. The van der Waals surface area contributed by atoms with Crippen molar-refractivity contribution in [3.8, 4) is 0 Å². The number of hydrogen-bond acceptors (Lipinski definition) is 4. The summed E-state index contributed by atoms with van der Waals surface area (Å²) in [6.07, 6.45) is 6.31. The maximum absolute atomic E-state index is 12.2. The monoisotopic (exact) mass is 358 g/mol. The van der Waals surface area contributed by atoms with E-state index in [1.165, 1.54) is 12.0 Å². The van der Waals surface area contributed by atoms with E-state index in [4.69, 9.17) is 11.6 Å². The molecule has 0 saturated heterocycles. The van der Waals surface area contributed by atoms with E-state index >= 15 is 0 Å². The van der Waals surface area contributed by atoms with Crippen LogP contribution in [0.15, 0.2) is 36.4 Å². The minimum Gasteiger partial charge on any atom is -0.368 e. The number of carbonyl (C=O) groups is 1. The van der Waals surface area contributed by atoms with Gasteiger partial charge < -0.3 is 10.6 Å². The van der Waals surface area contributed by atoms with Crippen LogP contribution in [-0.2, 0) is 11.2 Å². The number of carbonyl (C=O) groups excluding carboxylic acids is 1. The number of nitrogens with one attached hydrogen (secondary N) is 2. The third-order valence-corrected chi connectivity index (χ3v) is 4.74. The Morgan fingerprint density at radius 3 is 2.56 bits per heavy atom. The predicted molar refractivity (Wildman–Crippen MR) is 101 cm³/mol. The van der Waals surface area contributed by atoms with Crippen molar-refractivity contribution in [2.24, 2.45) is 5.92 Å². The third-order valence-electron chi connectivity index (χ3n) is 4.50. The molecular weight excluding hydrogens is 336 g/mol. The van der Waals surface area contributed by atoms with Gasteiger partial charge in [0.1, 0.15) is 5.82 Å². The van der Waals surface area contributed by atoms with Gasteiger partial charge in [-0.25, -0.2) is 0 Å². The predicted octanol–water partition coefficient (Wildman–Crippen LogP) is 4.30. The number of benzene rings is 1. The molecule has 132 valence electrons. The number of aromatic nitrogens is 2. The van der Waals surface area contributed by atoms with Gasteiger partial charge in [-0.3, -0.25) is 4.79 Å². The molecule has 1 aliphatic rings. The maximum Gasteiger partial charge on any atom is 0.228 e. The van der Waals surface area contributed by atoms with E-state index in [9.17, 15) is 4.79 Å². The second kappa shape index (κ2) is 8.81. The molecule has 1 fully saturated rings. The number of halogens is 1. The summed E-state index contributed by atoms with van der Waals surface area (Å²) in [7, 11) is 0. The molecule has 0 aliphatic heterocycles. The number of amides is 1. The summed E-state index contributed by atoms with van der Waals surface area (Å²) >= 11 is 5.98. The molecule has 0 radical (unpaired) electrons. The fraction of sp³-hybridized carbons (Fsp3) is 0.421. The molecule has 1 amide bonds. The van der Waals surface area contributed by atoms with Crippen LogP contribution in [0, 0.1) is 5.92 Å². The fourth-order valence-electron chi connectivity index (χ4n) is 3.11. The molecule has 0 spiro atoms. The molecule has 0 bridgehead atoms. The van der Waals surface area contributed by atoms with Crippen LogP contribution in [0.2, 0.25) is 5.02 Å². The van der Waals surface area contributed by atoms with Crippen molar-refractivity contribution in [3.05, 3.63) is 47.0 Å². The summed E-state index contributed by atoms with van der Waals surface area (Å²) in [5.41, 5.74) is 1.17. The highest BCUT2D eigenvalue weighted by molar-refractivity contribution is 6.30. The highest BCUT2D eigenvalue weighted by Crippen LogP contribution is 2.24. The molecule has 3 rings (SSSR count). The Bertz CT molecular complexity index is 699. The van der Waals surface area contributed by atoms with Crippen LogP contribution in [0.25, 0.3) is 0 Å². The molecule has 1 heterocycles. The van der Waals surface area contributed by atoms with Crippen molar-refractivity contribution in [2.45, 2.75) is 38.5 Å². The SMILES string of the molecule is O=C(Nc1ccc(NCCc2cccc(Cl)c2)nn1)C1CCCCC1. The first kappa shape index (κ1) is 17.7. The molecule has 5 nitrogen and oxygen atoms in total. The van der Waals surface area contributed by atoms with Crippen LogP contribution < -0.4 is 10.6 Å². The minimum absolute atomic E-state index is 0.0654. The largest absolute Gasteiger partial charge is 0.368 e. The van der Waals surface area contributed by atoms with E-state index in [0.717, 1.165) is 43.7 Å². The molecule has 2 aromatic rings. The van der Waals surface area contributed by atoms with E-state index in [1.54, 1.807) is 6.07 Å². The summed E-state index contributed by atoms with van der Waals surface area (Å²) < 4.78 is 0. The van der Waals surface area contributed by atoms with Gasteiger partial charge in [-0.15, -0.1) is 10.2 Å². The molecule has 1 aromatic carbocycles. The Kier molecular flexibility index (Phi) is 6.23. The van der Waals surface area contributed by atoms with Crippen molar-refractivity contribution < 1.29 is 4.79 Å². The summed E-state index contributed by atoms with van der Waals surface area (Å²) in [5, 5.41) is 15.1. The number of nitrogens with zero attached hydrogens (tertiary/aromatic N) is 2. The normalized spacial score (nSPS) is 14.9. The zero-order chi connectivity index (χ0) is 17.5. The topological polar surface area (TPSA) is 66.9 Å². The quantitative estimate of drug-likeness (QED) is 0.807. The lowest BCUT2D eigenvalue weighted by Crippen LogP contribution is -2.25. The summed E-state index contributed by atoms with van der Waals surface area (Å²) in [6, 6.07) is 11.4. The molecule has 0 unspecified atom stereocenters. The van der Waals surface area contributed by atoms with E-state index in [-0.39, 0.29) is 11.8 Å². The molecule has 0 atom stereocenters. The highest BCUT2D eigenvalue weighted by atomic mass is 35.5. The van der Waals surface area contributed by atoms with Crippen molar-refractivity contribution in [3.63, 3.8) is 0 Å². The second-order valence-electron chi connectivity index (χ2n) is 6.43. The van der Waals surface area contributed by atoms with Gasteiger partial charge in [-0.2, -0.15) is 0 Å². The van der Waals surface area contributed by atoms with Crippen LogP contribution in [0.1, 0.15) is 37.7 Å². The van der Waals surface area contributed by atoms with Gasteiger partial charge in [0.05, 0.1) is 0 Å². The Balaban J connectivity index is 1.46. The maximum atomic E-state index is 12.2. The van der Waals surface area contributed by atoms with Crippen LogP contribution in [0.5, 0.6) is 0 Å². The van der Waals surface area contributed by atoms with E-state index in [2.05, 4.69) is 20.8 Å². The average molecular weight is 359 g/mol. The van der Waals surface area contributed by atoms with Crippen LogP contribution >= 0.6 is 11.6 Å². The minimum atomic E-state index is 0.0654. The van der Waals surface area contributed by atoms with Gasteiger partial charge in [0.25, 0.3) is 0 Å². The van der Waals surface area contributed by atoms with Crippen molar-refractivity contribution >= 4 is 29.1 Å². The Morgan fingerprint density at radius 2 is 1.84 bits per heavy atom. The smallest absolute Gasteiger partial charge is 0.228 e. The first-order chi connectivity index (χ1) is 12.2. The van der Waals surface area contributed by atoms with Crippen molar-refractivity contribution in [2.75, 3.05) is 17.2 Å². The van der Waals surface area contributed by atoms with Gasteiger partial charge in [0.15, 0.2) is 5.82 Å². The molecule has 6 heteroatoms. The van der Waals surface area contributed by atoms with Gasteiger partial charge in [-0.05, 0) is 49.1 Å². The lowest BCUT2D eigenvalue weighted by Gasteiger charge is -2.20. The Labute approximate surface area is 153 Å². The van der Waals surface area contributed by atoms with Gasteiger partial charge in [0.2, 0.25) is 5.91 Å². The zero-order valence-electron chi connectivity index (χ0n) is 14.2. The lowest BCUT2D eigenvalue weighted by molar-refractivity contribution is -0.120. The van der Waals surface area contributed by atoms with Crippen molar-refractivity contribution in [1.29, 1.82) is 0 Å². The summed E-state index contributed by atoms with van der Waals surface area (Å²) in [4.78, 5) is 12.2. The zero-order valence-corrected chi connectivity index (χ0v) is 14.9. The average Bonchev–Trinajstić information content (AvgIpc) is 2.64. The van der Waals surface area contributed by atoms with Crippen LogP contribution in [-0.4, -0.2) is 22.6 Å². The van der Waals surface area contributed by atoms with Gasteiger partial charge in [0, 0.05) is 17.5 Å². The number of hydrogen-bond donors (Lipinski definition) is 2. The number of anilines is 2. The van der Waals surface area contributed by atoms with E-state index in [1.807, 2.05) is 30.3 Å². The second-order valence-corrected chi connectivity index (χ2v) is 6.87.